The monoisotopic (exact) mass is 351 g/mol. The van der Waals surface area contributed by atoms with Gasteiger partial charge in [0.25, 0.3) is 5.91 Å². The predicted octanol–water partition coefficient (Wildman–Crippen LogP) is 2.91. The Bertz CT molecular complexity index is 596. The van der Waals surface area contributed by atoms with Gasteiger partial charge in [0.1, 0.15) is 11.3 Å². The molecule has 142 valence electrons. The summed E-state index contributed by atoms with van der Waals surface area (Å²) >= 11 is 0. The molecule has 1 aromatic heterocycles. The maximum atomic E-state index is 12.6. The molecule has 0 unspecified atom stereocenters. The molecule has 2 N–H and O–H groups in total. The molecule has 0 spiro atoms. The molecule has 1 heterocycles. The van der Waals surface area contributed by atoms with Gasteiger partial charge in [-0.25, -0.2) is 4.79 Å². The highest BCUT2D eigenvalue weighted by molar-refractivity contribution is 6.01. The van der Waals surface area contributed by atoms with Crippen molar-refractivity contribution in [3.8, 4) is 0 Å². The molecule has 6 heteroatoms. The number of carbonyl (C=O) groups is 2. The van der Waals surface area contributed by atoms with E-state index < -0.39 is 11.6 Å². The molecule has 1 rings (SSSR count). The number of aromatic amines is 1. The first kappa shape index (κ1) is 21.2. The lowest BCUT2D eigenvalue weighted by molar-refractivity contribution is 0.00622. The number of hydrogen-bond donors (Lipinski definition) is 2. The molecule has 0 atom stereocenters. The Hall–Kier alpha value is -1.82. The Labute approximate surface area is 151 Å². The van der Waals surface area contributed by atoms with Crippen LogP contribution in [0.25, 0.3) is 0 Å². The molecule has 0 fully saturated rings. The van der Waals surface area contributed by atoms with E-state index in [9.17, 15) is 9.59 Å². The fourth-order valence-electron chi connectivity index (χ4n) is 2.80. The number of aromatic nitrogens is 1. The molecule has 6 nitrogen and oxygen atoms in total. The van der Waals surface area contributed by atoms with E-state index in [0.717, 1.165) is 19.6 Å². The molecule has 0 bridgehead atoms. The first-order chi connectivity index (χ1) is 11.6. The van der Waals surface area contributed by atoms with Crippen molar-refractivity contribution in [3.05, 3.63) is 22.5 Å². The number of amides is 1. The van der Waals surface area contributed by atoms with Crippen molar-refractivity contribution in [3.63, 3.8) is 0 Å². The van der Waals surface area contributed by atoms with Crippen LogP contribution in [0.2, 0.25) is 0 Å². The topological polar surface area (TPSA) is 74.4 Å². The van der Waals surface area contributed by atoms with Crippen LogP contribution in [0.4, 0.5) is 0 Å². The number of H-pyrrole nitrogens is 1. The summed E-state index contributed by atoms with van der Waals surface area (Å²) in [5.74, 6) is -0.567. The zero-order valence-corrected chi connectivity index (χ0v) is 16.7. The van der Waals surface area contributed by atoms with E-state index >= 15 is 0 Å². The van der Waals surface area contributed by atoms with Gasteiger partial charge in [-0.05, 0) is 52.8 Å². The molecule has 0 aliphatic rings. The van der Waals surface area contributed by atoms with Gasteiger partial charge >= 0.3 is 5.97 Å². The van der Waals surface area contributed by atoms with Crippen LogP contribution in [-0.4, -0.2) is 53.5 Å². The second kappa shape index (κ2) is 9.04. The number of ether oxygens (including phenoxy) is 1. The summed E-state index contributed by atoms with van der Waals surface area (Å²) in [6.45, 7) is 16.7. The Morgan fingerprint density at radius 1 is 1.16 bits per heavy atom. The lowest BCUT2D eigenvalue weighted by Gasteiger charge is -2.19. The number of nitrogens with zero attached hydrogens (tertiary/aromatic N) is 1. The van der Waals surface area contributed by atoms with Gasteiger partial charge in [-0.1, -0.05) is 20.8 Å². The second-order valence-corrected chi connectivity index (χ2v) is 7.12. The Balaban J connectivity index is 2.93. The average Bonchev–Trinajstić information content (AvgIpc) is 2.86. The lowest BCUT2D eigenvalue weighted by atomic mass is 10.1. The smallest absolute Gasteiger partial charge is 0.355 e. The Morgan fingerprint density at radius 3 is 2.24 bits per heavy atom. The van der Waals surface area contributed by atoms with Crippen molar-refractivity contribution < 1.29 is 14.3 Å². The van der Waals surface area contributed by atoms with E-state index in [2.05, 4.69) is 29.0 Å². The quantitative estimate of drug-likeness (QED) is 0.706. The van der Waals surface area contributed by atoms with Crippen LogP contribution >= 0.6 is 0 Å². The van der Waals surface area contributed by atoms with E-state index in [4.69, 9.17) is 4.74 Å². The van der Waals surface area contributed by atoms with E-state index in [-0.39, 0.29) is 5.91 Å². The second-order valence-electron chi connectivity index (χ2n) is 7.12. The number of hydrogen-bond acceptors (Lipinski definition) is 4. The molecular formula is C19H33N3O3. The summed E-state index contributed by atoms with van der Waals surface area (Å²) < 4.78 is 5.45. The van der Waals surface area contributed by atoms with Gasteiger partial charge in [0.2, 0.25) is 0 Å². The fraction of sp³-hybridized carbons (Fsp3) is 0.684. The van der Waals surface area contributed by atoms with E-state index in [0.29, 0.717) is 35.5 Å². The molecule has 25 heavy (non-hydrogen) atoms. The number of aryl methyl sites for hydroxylation is 1. The Kier molecular flexibility index (Phi) is 7.67. The van der Waals surface area contributed by atoms with Crippen LogP contribution in [0.15, 0.2) is 0 Å². The standard InChI is InChI=1S/C19H33N3O3/c1-8-14-15(17(23)20-11-12-22(9-2)10-3)13(4)21-16(14)18(24)25-19(5,6)7/h21H,8-12H2,1-7H3,(H,20,23). The zero-order chi connectivity index (χ0) is 19.2. The molecule has 0 aliphatic heterocycles. The van der Waals surface area contributed by atoms with Gasteiger partial charge in [0.15, 0.2) is 0 Å². The van der Waals surface area contributed by atoms with E-state index in [1.165, 1.54) is 0 Å². The molecule has 0 radical (unpaired) electrons. The third-order valence-electron chi connectivity index (χ3n) is 4.08. The molecule has 0 aromatic carbocycles. The predicted molar refractivity (Wildman–Crippen MR) is 100 cm³/mol. The van der Waals surface area contributed by atoms with Crippen LogP contribution in [-0.2, 0) is 11.2 Å². The summed E-state index contributed by atoms with van der Waals surface area (Å²) in [5, 5.41) is 2.96. The average molecular weight is 351 g/mol. The van der Waals surface area contributed by atoms with E-state index in [1.807, 2.05) is 34.6 Å². The lowest BCUT2D eigenvalue weighted by Crippen LogP contribution is -2.35. The third kappa shape index (κ3) is 5.88. The molecule has 0 saturated heterocycles. The van der Waals surface area contributed by atoms with Gasteiger partial charge in [0.05, 0.1) is 5.56 Å². The van der Waals surface area contributed by atoms with Crippen molar-refractivity contribution in [2.45, 2.75) is 60.5 Å². The largest absolute Gasteiger partial charge is 0.455 e. The third-order valence-corrected chi connectivity index (χ3v) is 4.08. The van der Waals surface area contributed by atoms with Crippen LogP contribution in [0.5, 0.6) is 0 Å². The van der Waals surface area contributed by atoms with Gasteiger partial charge in [-0.2, -0.15) is 0 Å². The van der Waals surface area contributed by atoms with E-state index in [1.54, 1.807) is 0 Å². The number of rotatable bonds is 8. The zero-order valence-electron chi connectivity index (χ0n) is 16.7. The SMILES string of the molecule is CCc1c(C(=O)OC(C)(C)C)[nH]c(C)c1C(=O)NCCN(CC)CC. The van der Waals surface area contributed by atoms with Crippen LogP contribution in [0.3, 0.4) is 0 Å². The minimum absolute atomic E-state index is 0.146. The van der Waals surface area contributed by atoms with Gasteiger partial charge in [0, 0.05) is 18.8 Å². The highest BCUT2D eigenvalue weighted by Gasteiger charge is 2.27. The van der Waals surface area contributed by atoms with Gasteiger partial charge < -0.3 is 19.9 Å². The molecule has 1 amide bonds. The maximum absolute atomic E-state index is 12.6. The number of nitrogens with one attached hydrogen (secondary N) is 2. The molecule has 0 saturated carbocycles. The highest BCUT2D eigenvalue weighted by Crippen LogP contribution is 2.22. The number of esters is 1. The summed E-state index contributed by atoms with van der Waals surface area (Å²) in [6, 6.07) is 0. The minimum Gasteiger partial charge on any atom is -0.455 e. The van der Waals surface area contributed by atoms with Crippen LogP contribution in [0.1, 0.15) is 73.6 Å². The summed E-state index contributed by atoms with van der Waals surface area (Å²) in [7, 11) is 0. The summed E-state index contributed by atoms with van der Waals surface area (Å²) in [4.78, 5) is 30.3. The molecule has 0 aliphatic carbocycles. The number of carbonyl (C=O) groups excluding carboxylic acids is 2. The normalized spacial score (nSPS) is 11.7. The van der Waals surface area contributed by atoms with Crippen LogP contribution < -0.4 is 5.32 Å². The van der Waals surface area contributed by atoms with Crippen LogP contribution in [0, 0.1) is 6.92 Å². The Morgan fingerprint density at radius 2 is 1.76 bits per heavy atom. The molecule has 1 aromatic rings. The van der Waals surface area contributed by atoms with Gasteiger partial charge in [-0.15, -0.1) is 0 Å². The van der Waals surface area contributed by atoms with Gasteiger partial charge in [-0.3, -0.25) is 4.79 Å². The molecular weight excluding hydrogens is 318 g/mol. The van der Waals surface area contributed by atoms with Crippen molar-refractivity contribution in [2.75, 3.05) is 26.2 Å². The first-order valence-electron chi connectivity index (χ1n) is 9.09. The summed E-state index contributed by atoms with van der Waals surface area (Å²) in [6.07, 6.45) is 0.581. The maximum Gasteiger partial charge on any atom is 0.355 e. The number of likely N-dealkylation sites (N-methyl/N-ethyl adjacent to an activating group) is 1. The summed E-state index contributed by atoms with van der Waals surface area (Å²) in [5.41, 5.74) is 1.77. The fourth-order valence-corrected chi connectivity index (χ4v) is 2.80. The van der Waals surface area contributed by atoms with Crippen molar-refractivity contribution >= 4 is 11.9 Å². The van der Waals surface area contributed by atoms with Crippen molar-refractivity contribution in [1.29, 1.82) is 0 Å². The van der Waals surface area contributed by atoms with Crippen molar-refractivity contribution in [1.82, 2.24) is 15.2 Å². The highest BCUT2D eigenvalue weighted by atomic mass is 16.6. The van der Waals surface area contributed by atoms with Crippen molar-refractivity contribution in [2.24, 2.45) is 0 Å². The minimum atomic E-state index is -0.576. The first-order valence-corrected chi connectivity index (χ1v) is 9.09.